The summed E-state index contributed by atoms with van der Waals surface area (Å²) in [5, 5.41) is 4.35. The molecule has 246 valence electrons. The molecule has 0 spiro atoms. The normalized spacial score (nSPS) is 26.6. The van der Waals surface area contributed by atoms with E-state index in [1.54, 1.807) is 48.2 Å². The zero-order valence-corrected chi connectivity index (χ0v) is 28.6. The number of halogens is 2. The van der Waals surface area contributed by atoms with Crippen molar-refractivity contribution in [2.24, 2.45) is 29.6 Å². The lowest BCUT2D eigenvalue weighted by Crippen LogP contribution is -2.42. The van der Waals surface area contributed by atoms with Crippen LogP contribution in [0.15, 0.2) is 76.6 Å². The summed E-state index contributed by atoms with van der Waals surface area (Å²) in [6.07, 6.45) is 0.793. The van der Waals surface area contributed by atoms with Crippen LogP contribution >= 0.6 is 46.3 Å². The number of nitrogens with one attached hydrogen (secondary N) is 2. The predicted octanol–water partition coefficient (Wildman–Crippen LogP) is 6.84. The van der Waals surface area contributed by atoms with Crippen molar-refractivity contribution in [3.05, 3.63) is 96.9 Å². The van der Waals surface area contributed by atoms with Crippen LogP contribution in [0.1, 0.15) is 29.7 Å². The standard InChI is InChI=1S/C35H29Cl2N3O6S2/c1-2-45-24-12-16(8-11-23(24)46-15-25(41)38-17-9-10-21(36)22(37)13-17)26-27-19-14-20(30(27)47-32-31(26)48-35(44)39-32)29-28(19)33(42)40(34(29)43)18-6-4-3-5-7-18/h3-13,19-20,26-30H,2,14-15H2,1H3,(H,38,41)(H,39,44)/t19-,20-,26+,27-,28+,29+,30-/m1/s1. The number of H-pyrrole nitrogens is 1. The van der Waals surface area contributed by atoms with Gasteiger partial charge in [-0.2, -0.15) is 0 Å². The largest absolute Gasteiger partial charge is 0.490 e. The summed E-state index contributed by atoms with van der Waals surface area (Å²) in [4.78, 5) is 58.5. The zero-order chi connectivity index (χ0) is 33.3. The molecule has 3 aromatic carbocycles. The fraction of sp³-hybridized carbons (Fsp3) is 0.314. The Morgan fingerprint density at radius 2 is 1.71 bits per heavy atom. The van der Waals surface area contributed by atoms with Crippen LogP contribution in [0.4, 0.5) is 11.4 Å². The van der Waals surface area contributed by atoms with Crippen molar-refractivity contribution in [3.8, 4) is 11.5 Å². The first-order chi connectivity index (χ1) is 23.2. The monoisotopic (exact) mass is 721 g/mol. The summed E-state index contributed by atoms with van der Waals surface area (Å²) in [5.41, 5.74) is 2.03. The lowest BCUT2D eigenvalue weighted by atomic mass is 9.68. The van der Waals surface area contributed by atoms with Crippen LogP contribution in [-0.4, -0.2) is 41.2 Å². The molecule has 3 fully saturated rings. The van der Waals surface area contributed by atoms with E-state index in [1.165, 1.54) is 16.2 Å². The van der Waals surface area contributed by atoms with Gasteiger partial charge < -0.3 is 19.8 Å². The molecular formula is C35H29Cl2N3O6S2. The van der Waals surface area contributed by atoms with Crippen LogP contribution in [0.2, 0.25) is 10.0 Å². The van der Waals surface area contributed by atoms with Gasteiger partial charge in [-0.1, -0.05) is 58.8 Å². The summed E-state index contributed by atoms with van der Waals surface area (Å²) in [6, 6.07) is 19.6. The van der Waals surface area contributed by atoms with Gasteiger partial charge in [0, 0.05) is 21.7 Å². The highest BCUT2D eigenvalue weighted by Crippen LogP contribution is 2.68. The van der Waals surface area contributed by atoms with Gasteiger partial charge in [-0.05, 0) is 79.1 Å². The number of para-hydroxylation sites is 1. The van der Waals surface area contributed by atoms with Crippen molar-refractivity contribution >= 4 is 75.4 Å². The number of ether oxygens (including phenoxy) is 2. The van der Waals surface area contributed by atoms with Crippen LogP contribution in [0.5, 0.6) is 11.5 Å². The lowest BCUT2D eigenvalue weighted by Gasteiger charge is -2.43. The molecule has 2 saturated carbocycles. The second-order valence-corrected chi connectivity index (χ2v) is 15.4. The van der Waals surface area contributed by atoms with E-state index >= 15 is 0 Å². The topological polar surface area (TPSA) is 118 Å². The first-order valence-corrected chi connectivity index (χ1v) is 18.2. The summed E-state index contributed by atoms with van der Waals surface area (Å²) < 4.78 is 11.9. The third-order valence-electron chi connectivity index (χ3n) is 9.93. The quantitative estimate of drug-likeness (QED) is 0.192. The number of nitrogens with zero attached hydrogens (tertiary/aromatic N) is 1. The van der Waals surface area contributed by atoms with E-state index in [-0.39, 0.29) is 64.0 Å². The highest BCUT2D eigenvalue weighted by Gasteiger charge is 2.69. The number of thioether (sulfide) groups is 1. The van der Waals surface area contributed by atoms with E-state index in [9.17, 15) is 19.2 Å². The number of aromatic nitrogens is 1. The average Bonchev–Trinajstić information content (AvgIpc) is 3.81. The Kier molecular flexibility index (Phi) is 8.06. The molecule has 7 atom stereocenters. The van der Waals surface area contributed by atoms with E-state index in [0.717, 1.165) is 21.9 Å². The van der Waals surface area contributed by atoms with Crippen LogP contribution in [0.3, 0.4) is 0 Å². The van der Waals surface area contributed by atoms with Crippen molar-refractivity contribution in [2.75, 3.05) is 23.4 Å². The maximum Gasteiger partial charge on any atom is 0.305 e. The Morgan fingerprint density at radius 3 is 2.46 bits per heavy atom. The molecule has 48 heavy (non-hydrogen) atoms. The number of fused-ring (bicyclic) bond motifs is 9. The number of thiazole rings is 1. The van der Waals surface area contributed by atoms with Crippen molar-refractivity contribution in [2.45, 2.75) is 29.5 Å². The molecule has 8 rings (SSSR count). The first kappa shape index (κ1) is 31.5. The summed E-state index contributed by atoms with van der Waals surface area (Å²) in [5.74, 6) is -0.679. The number of amides is 3. The van der Waals surface area contributed by atoms with Gasteiger partial charge in [0.25, 0.3) is 5.91 Å². The summed E-state index contributed by atoms with van der Waals surface area (Å²) in [6.45, 7) is 1.97. The van der Waals surface area contributed by atoms with Crippen LogP contribution in [0.25, 0.3) is 0 Å². The number of carbonyl (C=O) groups excluding carboxylic acids is 3. The van der Waals surface area contributed by atoms with E-state index in [4.69, 9.17) is 32.7 Å². The van der Waals surface area contributed by atoms with Gasteiger partial charge in [-0.3, -0.25) is 24.1 Å². The van der Waals surface area contributed by atoms with E-state index in [2.05, 4.69) is 10.3 Å². The molecule has 0 unspecified atom stereocenters. The zero-order valence-electron chi connectivity index (χ0n) is 25.5. The lowest BCUT2D eigenvalue weighted by molar-refractivity contribution is -0.123. The van der Waals surface area contributed by atoms with E-state index in [1.807, 2.05) is 37.3 Å². The molecule has 13 heteroatoms. The Hall–Kier alpha value is -3.77. The SMILES string of the molecule is CCOc1cc([C@@H]2c3sc(=O)[nH]c3S[C@@H]3[C@@H]4C[C@@H]([C@@H]5C(=O)N(c6ccccc6)C(=O)[C@@H]45)[C@H]23)ccc1OCC(=O)Nc1ccc(Cl)c(Cl)c1. The molecule has 2 aliphatic heterocycles. The third kappa shape index (κ3) is 5.14. The van der Waals surface area contributed by atoms with Gasteiger partial charge in [0.2, 0.25) is 11.8 Å². The molecule has 1 aromatic heterocycles. The number of hydrogen-bond donors (Lipinski definition) is 2. The fourth-order valence-corrected chi connectivity index (χ4v) is 11.4. The molecule has 4 aromatic rings. The molecule has 3 heterocycles. The van der Waals surface area contributed by atoms with Crippen molar-refractivity contribution in [1.82, 2.24) is 4.98 Å². The van der Waals surface area contributed by atoms with Crippen molar-refractivity contribution in [1.29, 1.82) is 0 Å². The van der Waals surface area contributed by atoms with Gasteiger partial charge in [0.05, 0.1) is 39.2 Å². The number of anilines is 2. The second-order valence-electron chi connectivity index (χ2n) is 12.4. The molecule has 2 bridgehead atoms. The van der Waals surface area contributed by atoms with Crippen molar-refractivity contribution < 1.29 is 23.9 Å². The smallest absolute Gasteiger partial charge is 0.305 e. The summed E-state index contributed by atoms with van der Waals surface area (Å²) >= 11 is 14.9. The first-order valence-electron chi connectivity index (χ1n) is 15.7. The number of aromatic amines is 1. The Labute approximate surface area is 293 Å². The number of hydrogen-bond acceptors (Lipinski definition) is 8. The van der Waals surface area contributed by atoms with Gasteiger partial charge in [-0.25, -0.2) is 0 Å². The minimum Gasteiger partial charge on any atom is -0.490 e. The van der Waals surface area contributed by atoms with Gasteiger partial charge >= 0.3 is 4.87 Å². The molecular weight excluding hydrogens is 693 g/mol. The fourth-order valence-electron chi connectivity index (χ4n) is 8.24. The summed E-state index contributed by atoms with van der Waals surface area (Å²) in [7, 11) is 0. The van der Waals surface area contributed by atoms with E-state index in [0.29, 0.717) is 39.5 Å². The van der Waals surface area contributed by atoms with Gasteiger partial charge in [-0.15, -0.1) is 11.8 Å². The minimum absolute atomic E-state index is 0.0159. The number of carbonyl (C=O) groups is 3. The Morgan fingerprint density at radius 1 is 0.938 bits per heavy atom. The van der Waals surface area contributed by atoms with Crippen LogP contribution in [0, 0.1) is 29.6 Å². The number of rotatable bonds is 8. The van der Waals surface area contributed by atoms with Crippen LogP contribution < -0.4 is 24.6 Å². The predicted molar refractivity (Wildman–Crippen MR) is 186 cm³/mol. The minimum atomic E-state index is -0.396. The molecule has 9 nitrogen and oxygen atoms in total. The highest BCUT2D eigenvalue weighted by atomic mass is 35.5. The molecule has 2 aliphatic carbocycles. The second kappa shape index (κ2) is 12.3. The number of benzene rings is 3. The maximum absolute atomic E-state index is 14.0. The third-order valence-corrected chi connectivity index (χ3v) is 13.3. The molecule has 0 radical (unpaired) electrons. The maximum atomic E-state index is 14.0. The number of imide groups is 1. The van der Waals surface area contributed by atoms with Gasteiger partial charge in [0.1, 0.15) is 0 Å². The molecule has 3 amide bonds. The molecule has 2 N–H and O–H groups in total. The van der Waals surface area contributed by atoms with Crippen molar-refractivity contribution in [3.63, 3.8) is 0 Å². The molecule has 1 saturated heterocycles. The Bertz CT molecular complexity index is 2020. The average molecular weight is 723 g/mol. The van der Waals surface area contributed by atoms with Gasteiger partial charge in [0.15, 0.2) is 18.1 Å². The highest BCUT2D eigenvalue weighted by molar-refractivity contribution is 8.00. The Balaban J connectivity index is 1.09. The van der Waals surface area contributed by atoms with E-state index < -0.39 is 5.92 Å². The molecule has 4 aliphatic rings. The van der Waals surface area contributed by atoms with Crippen LogP contribution in [-0.2, 0) is 14.4 Å².